The van der Waals surface area contributed by atoms with Gasteiger partial charge < -0.3 is 34.2 Å². The maximum Gasteiger partial charge on any atom is 0.409 e. The van der Waals surface area contributed by atoms with E-state index < -0.39 is 24.6 Å². The van der Waals surface area contributed by atoms with Crippen molar-refractivity contribution in [2.24, 2.45) is 5.92 Å². The van der Waals surface area contributed by atoms with Gasteiger partial charge in [0.05, 0.1) is 12.7 Å². The number of aliphatic hydroxyl groups excluding tert-OH is 2. The van der Waals surface area contributed by atoms with Crippen LogP contribution in [0.5, 0.6) is 5.75 Å². The normalized spacial score (nSPS) is 21.2. The van der Waals surface area contributed by atoms with Crippen LogP contribution in [0.3, 0.4) is 0 Å². The summed E-state index contributed by atoms with van der Waals surface area (Å²) in [4.78, 5) is 27.0. The molecule has 0 aromatic heterocycles. The summed E-state index contributed by atoms with van der Waals surface area (Å²) in [6.45, 7) is 4.69. The van der Waals surface area contributed by atoms with E-state index in [1.807, 2.05) is 13.8 Å². The van der Waals surface area contributed by atoms with E-state index in [4.69, 9.17) is 14.2 Å². The van der Waals surface area contributed by atoms with Gasteiger partial charge in [-0.05, 0) is 17.7 Å². The molecule has 1 aliphatic rings. The molecular formula is C21H32N2O7. The molecule has 9 heteroatoms. The molecule has 9 nitrogen and oxygen atoms in total. The van der Waals surface area contributed by atoms with Gasteiger partial charge in [0.15, 0.2) is 0 Å². The first kappa shape index (κ1) is 23.9. The van der Waals surface area contributed by atoms with Crippen molar-refractivity contribution in [2.45, 2.75) is 45.4 Å². The molecule has 1 unspecified atom stereocenters. The van der Waals surface area contributed by atoms with Crippen LogP contribution in [0.4, 0.5) is 4.79 Å². The molecule has 0 saturated carbocycles. The average Bonchev–Trinajstić information content (AvgIpc) is 2.72. The van der Waals surface area contributed by atoms with Crippen molar-refractivity contribution in [3.05, 3.63) is 29.8 Å². The van der Waals surface area contributed by atoms with Gasteiger partial charge in [0.2, 0.25) is 12.2 Å². The van der Waals surface area contributed by atoms with Gasteiger partial charge in [-0.3, -0.25) is 4.79 Å². The summed E-state index contributed by atoms with van der Waals surface area (Å²) < 4.78 is 16.2. The number of ether oxygens (including phenoxy) is 3. The number of benzene rings is 1. The van der Waals surface area contributed by atoms with Crippen LogP contribution < -0.4 is 4.74 Å². The first-order valence-corrected chi connectivity index (χ1v) is 10.0. The number of rotatable bonds is 8. The van der Waals surface area contributed by atoms with Crippen LogP contribution in [0.15, 0.2) is 24.3 Å². The maximum atomic E-state index is 12.1. The quantitative estimate of drug-likeness (QED) is 0.646. The second-order valence-corrected chi connectivity index (χ2v) is 7.81. The Morgan fingerprint density at radius 2 is 1.77 bits per heavy atom. The average molecular weight is 424 g/mol. The van der Waals surface area contributed by atoms with Crippen LogP contribution in [0.2, 0.25) is 0 Å². The summed E-state index contributed by atoms with van der Waals surface area (Å²) in [7, 11) is 3.34. The second kappa shape index (κ2) is 11.1. The number of carbonyl (C=O) groups is 2. The van der Waals surface area contributed by atoms with Crippen LogP contribution in [0.25, 0.3) is 0 Å². The van der Waals surface area contributed by atoms with Gasteiger partial charge in [0.1, 0.15) is 18.5 Å². The van der Waals surface area contributed by atoms with Crippen LogP contribution >= 0.6 is 0 Å². The first-order chi connectivity index (χ1) is 14.2. The minimum absolute atomic E-state index is 0.0291. The van der Waals surface area contributed by atoms with Crippen molar-refractivity contribution in [1.29, 1.82) is 0 Å². The Balaban J connectivity index is 1.75. The fourth-order valence-corrected chi connectivity index (χ4v) is 2.88. The van der Waals surface area contributed by atoms with Crippen LogP contribution in [0, 0.1) is 5.92 Å². The third kappa shape index (κ3) is 7.16. The van der Waals surface area contributed by atoms with Gasteiger partial charge in [-0.2, -0.15) is 0 Å². The van der Waals surface area contributed by atoms with Crippen molar-refractivity contribution in [3.63, 3.8) is 0 Å². The molecule has 1 aliphatic heterocycles. The van der Waals surface area contributed by atoms with Crippen molar-refractivity contribution < 1.29 is 34.0 Å². The lowest BCUT2D eigenvalue weighted by molar-refractivity contribution is -0.198. The van der Waals surface area contributed by atoms with E-state index in [2.05, 4.69) is 0 Å². The number of likely N-dealkylation sites (N-methyl/N-ethyl adjacent to an activating group) is 2. The largest absolute Gasteiger partial charge is 0.462 e. The van der Waals surface area contributed by atoms with Gasteiger partial charge in [-0.25, -0.2) is 4.79 Å². The lowest BCUT2D eigenvalue weighted by Crippen LogP contribution is -2.44. The fraction of sp³-hybridized carbons (Fsp3) is 0.619. The van der Waals surface area contributed by atoms with E-state index in [-0.39, 0.29) is 31.5 Å². The molecule has 0 aliphatic carbocycles. The van der Waals surface area contributed by atoms with Gasteiger partial charge in [-0.1, -0.05) is 26.0 Å². The minimum atomic E-state index is -0.903. The maximum absolute atomic E-state index is 12.1. The Hall–Kier alpha value is -2.36. The monoisotopic (exact) mass is 424 g/mol. The van der Waals surface area contributed by atoms with Crippen molar-refractivity contribution in [2.75, 3.05) is 33.8 Å². The molecule has 2 rings (SSSR count). The van der Waals surface area contributed by atoms with Gasteiger partial charge in [-0.15, -0.1) is 0 Å². The molecule has 1 saturated heterocycles. The molecule has 0 radical (unpaired) electrons. The Labute approximate surface area is 177 Å². The third-order valence-corrected chi connectivity index (χ3v) is 4.77. The number of carbonyl (C=O) groups excluding carboxylic acids is 2. The number of amides is 2. The van der Waals surface area contributed by atoms with E-state index >= 15 is 0 Å². The van der Waals surface area contributed by atoms with E-state index in [1.165, 1.54) is 4.90 Å². The molecule has 3 atom stereocenters. The minimum Gasteiger partial charge on any atom is -0.462 e. The molecule has 2 N–H and O–H groups in total. The standard InChI is InChI=1S/C21H32N2O7/c1-14(2)19(26)22(3)9-10-23(4)21(27)29-12-15-5-7-17(8-6-15)30-20-18(25)11-16(24)13-28-20/h5-8,14,16,18,20,24-25H,9-13H2,1-4H3/t16-,18?,20+/m1/s1. The topological polar surface area (TPSA) is 109 Å². The van der Waals surface area contributed by atoms with Crippen LogP contribution in [-0.4, -0.2) is 84.3 Å². The molecule has 1 fully saturated rings. The summed E-state index contributed by atoms with van der Waals surface area (Å²) >= 11 is 0. The number of nitrogens with zero attached hydrogens (tertiary/aromatic N) is 2. The van der Waals surface area contributed by atoms with Gasteiger partial charge in [0, 0.05) is 39.5 Å². The molecule has 0 spiro atoms. The fourth-order valence-electron chi connectivity index (χ4n) is 2.88. The van der Waals surface area contributed by atoms with Gasteiger partial charge >= 0.3 is 6.09 Å². The zero-order chi connectivity index (χ0) is 22.3. The Morgan fingerprint density at radius 3 is 2.37 bits per heavy atom. The molecular weight excluding hydrogens is 392 g/mol. The highest BCUT2D eigenvalue weighted by molar-refractivity contribution is 5.77. The lowest BCUT2D eigenvalue weighted by atomic mass is 10.1. The Morgan fingerprint density at radius 1 is 1.13 bits per heavy atom. The molecule has 1 heterocycles. The third-order valence-electron chi connectivity index (χ3n) is 4.77. The molecule has 0 bridgehead atoms. The van der Waals surface area contributed by atoms with Crippen LogP contribution in [0.1, 0.15) is 25.8 Å². The highest BCUT2D eigenvalue weighted by Crippen LogP contribution is 2.20. The van der Waals surface area contributed by atoms with E-state index in [0.717, 1.165) is 5.56 Å². The van der Waals surface area contributed by atoms with Gasteiger partial charge in [0.25, 0.3) is 0 Å². The summed E-state index contributed by atoms with van der Waals surface area (Å²) in [5.74, 6) is 0.445. The molecule has 1 aromatic rings. The molecule has 1 aromatic carbocycles. The first-order valence-electron chi connectivity index (χ1n) is 10.0. The Kier molecular flexibility index (Phi) is 8.88. The molecule has 168 valence electrons. The zero-order valence-electron chi connectivity index (χ0n) is 18.0. The summed E-state index contributed by atoms with van der Waals surface area (Å²) in [5, 5.41) is 19.3. The van der Waals surface area contributed by atoms with E-state index in [9.17, 15) is 19.8 Å². The Bertz CT molecular complexity index is 695. The number of hydrogen-bond acceptors (Lipinski definition) is 7. The predicted molar refractivity (Wildman–Crippen MR) is 109 cm³/mol. The number of aliphatic hydroxyl groups is 2. The second-order valence-electron chi connectivity index (χ2n) is 7.81. The SMILES string of the molecule is CC(C)C(=O)N(C)CCN(C)C(=O)OCc1ccc(O[C@@H]2OC[C@H](O)CC2O)cc1. The summed E-state index contributed by atoms with van der Waals surface area (Å²) in [6, 6.07) is 6.89. The molecule has 30 heavy (non-hydrogen) atoms. The zero-order valence-corrected chi connectivity index (χ0v) is 18.0. The van der Waals surface area contributed by atoms with Crippen molar-refractivity contribution >= 4 is 12.0 Å². The molecule has 2 amide bonds. The van der Waals surface area contributed by atoms with E-state index in [0.29, 0.717) is 18.8 Å². The smallest absolute Gasteiger partial charge is 0.409 e. The van der Waals surface area contributed by atoms with E-state index in [1.54, 1.807) is 43.3 Å². The summed E-state index contributed by atoms with van der Waals surface area (Å²) in [6.07, 6.45) is -2.69. The highest BCUT2D eigenvalue weighted by Gasteiger charge is 2.30. The predicted octanol–water partition coefficient (Wildman–Crippen LogP) is 1.22. The van der Waals surface area contributed by atoms with Crippen molar-refractivity contribution in [3.8, 4) is 5.75 Å². The highest BCUT2D eigenvalue weighted by atomic mass is 16.7. The van der Waals surface area contributed by atoms with Crippen LogP contribution in [-0.2, 0) is 20.9 Å². The lowest BCUT2D eigenvalue weighted by Gasteiger charge is -2.31. The number of hydrogen-bond donors (Lipinski definition) is 2. The summed E-state index contributed by atoms with van der Waals surface area (Å²) in [5.41, 5.74) is 0.775. The van der Waals surface area contributed by atoms with Crippen molar-refractivity contribution in [1.82, 2.24) is 9.80 Å².